The fraction of sp³-hybridized carbons (Fsp3) is 0.615. The second-order valence-corrected chi connectivity index (χ2v) is 6.02. The average molecular weight is 252 g/mol. The van der Waals surface area contributed by atoms with E-state index >= 15 is 0 Å². The van der Waals surface area contributed by atoms with Gasteiger partial charge in [-0.2, -0.15) is 0 Å². The maximum atomic E-state index is 12.0. The Labute approximate surface area is 106 Å². The molecule has 0 saturated carbocycles. The van der Waals surface area contributed by atoms with Gasteiger partial charge in [0.1, 0.15) is 0 Å². The van der Waals surface area contributed by atoms with Crippen molar-refractivity contribution in [2.75, 3.05) is 0 Å². The zero-order valence-corrected chi connectivity index (χ0v) is 11.2. The van der Waals surface area contributed by atoms with E-state index in [2.05, 4.69) is 16.8 Å². The van der Waals surface area contributed by atoms with E-state index in [4.69, 9.17) is 5.73 Å². The highest BCUT2D eigenvalue weighted by atomic mass is 32.1. The predicted molar refractivity (Wildman–Crippen MR) is 71.0 cm³/mol. The van der Waals surface area contributed by atoms with Gasteiger partial charge in [0, 0.05) is 4.88 Å². The Morgan fingerprint density at radius 1 is 1.59 bits per heavy atom. The molecule has 1 aromatic rings. The van der Waals surface area contributed by atoms with Crippen molar-refractivity contribution in [2.24, 2.45) is 11.7 Å². The number of hydrogen-bond donors (Lipinski definition) is 2. The summed E-state index contributed by atoms with van der Waals surface area (Å²) in [7, 11) is 0. The normalized spacial score (nSPS) is 21.1. The van der Waals surface area contributed by atoms with Gasteiger partial charge in [0.2, 0.25) is 5.91 Å². The van der Waals surface area contributed by atoms with Gasteiger partial charge in [-0.15, -0.1) is 11.3 Å². The Morgan fingerprint density at radius 3 is 3.06 bits per heavy atom. The standard InChI is InChI=1S/C13H20N2OS/c1-8(2)12(14)13(16)15-10-4-3-5-11-9(10)6-7-17-11/h6-8,10,12H,3-5,14H2,1-2H3,(H,15,16). The largest absolute Gasteiger partial charge is 0.348 e. The second kappa shape index (κ2) is 5.19. The first-order valence-corrected chi connectivity index (χ1v) is 7.09. The third-order valence-corrected chi connectivity index (χ3v) is 4.39. The van der Waals surface area contributed by atoms with Gasteiger partial charge in [0.25, 0.3) is 0 Å². The molecule has 1 heterocycles. The van der Waals surface area contributed by atoms with Crippen molar-refractivity contribution in [3.63, 3.8) is 0 Å². The summed E-state index contributed by atoms with van der Waals surface area (Å²) in [6.07, 6.45) is 3.32. The highest BCUT2D eigenvalue weighted by Crippen LogP contribution is 2.33. The van der Waals surface area contributed by atoms with Gasteiger partial charge < -0.3 is 11.1 Å². The molecule has 1 aliphatic rings. The summed E-state index contributed by atoms with van der Waals surface area (Å²) in [4.78, 5) is 13.4. The minimum absolute atomic E-state index is 0.0240. The van der Waals surface area contributed by atoms with E-state index in [-0.39, 0.29) is 17.9 Å². The van der Waals surface area contributed by atoms with Crippen LogP contribution >= 0.6 is 11.3 Å². The maximum absolute atomic E-state index is 12.0. The molecule has 3 nitrogen and oxygen atoms in total. The Bertz CT molecular complexity index is 400. The monoisotopic (exact) mass is 252 g/mol. The van der Waals surface area contributed by atoms with Crippen LogP contribution in [0.15, 0.2) is 11.4 Å². The Morgan fingerprint density at radius 2 is 2.35 bits per heavy atom. The predicted octanol–water partition coefficient (Wildman–Crippen LogP) is 2.22. The lowest BCUT2D eigenvalue weighted by Gasteiger charge is -2.26. The number of carbonyl (C=O) groups is 1. The number of nitrogens with one attached hydrogen (secondary N) is 1. The Hall–Kier alpha value is -0.870. The van der Waals surface area contributed by atoms with Crippen LogP contribution in [0.25, 0.3) is 0 Å². The average Bonchev–Trinajstić information content (AvgIpc) is 2.76. The van der Waals surface area contributed by atoms with E-state index in [0.29, 0.717) is 0 Å². The number of aryl methyl sites for hydroxylation is 1. The van der Waals surface area contributed by atoms with Gasteiger partial charge in [-0.05, 0) is 42.2 Å². The second-order valence-electron chi connectivity index (χ2n) is 5.02. The number of hydrogen-bond acceptors (Lipinski definition) is 3. The van der Waals surface area contributed by atoms with Crippen LogP contribution in [0.4, 0.5) is 0 Å². The van der Waals surface area contributed by atoms with Crippen LogP contribution in [0.5, 0.6) is 0 Å². The fourth-order valence-electron chi connectivity index (χ4n) is 2.21. The van der Waals surface area contributed by atoms with E-state index in [1.54, 1.807) is 11.3 Å². The smallest absolute Gasteiger partial charge is 0.237 e. The van der Waals surface area contributed by atoms with Crippen molar-refractivity contribution >= 4 is 17.2 Å². The molecule has 4 heteroatoms. The van der Waals surface area contributed by atoms with Crippen molar-refractivity contribution in [3.05, 3.63) is 21.9 Å². The summed E-state index contributed by atoms with van der Waals surface area (Å²) in [5.41, 5.74) is 7.16. The Balaban J connectivity index is 2.04. The van der Waals surface area contributed by atoms with Gasteiger partial charge >= 0.3 is 0 Å². The molecule has 0 saturated heterocycles. The lowest BCUT2D eigenvalue weighted by molar-refractivity contribution is -0.124. The molecule has 0 radical (unpaired) electrons. The van der Waals surface area contributed by atoms with Crippen LogP contribution < -0.4 is 11.1 Å². The molecule has 2 unspecified atom stereocenters. The lowest BCUT2D eigenvalue weighted by Crippen LogP contribution is -2.45. The summed E-state index contributed by atoms with van der Waals surface area (Å²) >= 11 is 1.79. The van der Waals surface area contributed by atoms with Crippen LogP contribution in [-0.4, -0.2) is 11.9 Å². The first kappa shape index (κ1) is 12.6. The van der Waals surface area contributed by atoms with Gasteiger partial charge in [-0.1, -0.05) is 13.8 Å². The van der Waals surface area contributed by atoms with Crippen molar-refractivity contribution in [1.82, 2.24) is 5.32 Å². The van der Waals surface area contributed by atoms with Crippen LogP contribution in [0, 0.1) is 5.92 Å². The minimum Gasteiger partial charge on any atom is -0.348 e. The molecule has 1 amide bonds. The SMILES string of the molecule is CC(C)C(N)C(=O)NC1CCCc2sccc21. The summed E-state index contributed by atoms with van der Waals surface area (Å²) in [6.45, 7) is 3.95. The van der Waals surface area contributed by atoms with Crippen LogP contribution in [0.1, 0.15) is 43.2 Å². The minimum atomic E-state index is -0.404. The summed E-state index contributed by atoms with van der Waals surface area (Å²) in [5, 5.41) is 5.19. The molecule has 0 aromatic carbocycles. The van der Waals surface area contributed by atoms with Crippen molar-refractivity contribution < 1.29 is 4.79 Å². The fourth-order valence-corrected chi connectivity index (χ4v) is 3.19. The van der Waals surface area contributed by atoms with Crippen LogP contribution in [-0.2, 0) is 11.2 Å². The zero-order chi connectivity index (χ0) is 12.4. The first-order chi connectivity index (χ1) is 8.09. The molecule has 0 aliphatic heterocycles. The van der Waals surface area contributed by atoms with Gasteiger partial charge in [-0.25, -0.2) is 0 Å². The molecule has 3 N–H and O–H groups in total. The zero-order valence-electron chi connectivity index (χ0n) is 10.4. The lowest BCUT2D eigenvalue weighted by atomic mass is 9.93. The topological polar surface area (TPSA) is 55.1 Å². The molecule has 2 rings (SSSR count). The first-order valence-electron chi connectivity index (χ1n) is 6.22. The number of carbonyl (C=O) groups excluding carboxylic acids is 1. The summed E-state index contributed by atoms with van der Waals surface area (Å²) in [5.74, 6) is 0.157. The van der Waals surface area contributed by atoms with Gasteiger partial charge in [0.05, 0.1) is 12.1 Å². The molecule has 17 heavy (non-hydrogen) atoms. The number of rotatable bonds is 3. The molecular weight excluding hydrogens is 232 g/mol. The van der Waals surface area contributed by atoms with Gasteiger partial charge in [-0.3, -0.25) is 4.79 Å². The third kappa shape index (κ3) is 2.69. The highest BCUT2D eigenvalue weighted by molar-refractivity contribution is 7.10. The van der Waals surface area contributed by atoms with Crippen molar-refractivity contribution in [3.8, 4) is 0 Å². The van der Waals surface area contributed by atoms with Crippen molar-refractivity contribution in [2.45, 2.75) is 45.2 Å². The van der Waals surface area contributed by atoms with E-state index in [1.165, 1.54) is 10.4 Å². The number of nitrogens with two attached hydrogens (primary N) is 1. The number of thiophene rings is 1. The number of fused-ring (bicyclic) bond motifs is 1. The summed E-state index contributed by atoms with van der Waals surface area (Å²) < 4.78 is 0. The molecule has 1 aliphatic carbocycles. The summed E-state index contributed by atoms with van der Waals surface area (Å²) in [6, 6.07) is 1.90. The molecule has 94 valence electrons. The number of amides is 1. The van der Waals surface area contributed by atoms with Crippen LogP contribution in [0.3, 0.4) is 0 Å². The van der Waals surface area contributed by atoms with E-state index in [0.717, 1.165) is 19.3 Å². The van der Waals surface area contributed by atoms with Crippen molar-refractivity contribution in [1.29, 1.82) is 0 Å². The quantitative estimate of drug-likeness (QED) is 0.866. The molecule has 1 aromatic heterocycles. The van der Waals surface area contributed by atoms with Gasteiger partial charge in [0.15, 0.2) is 0 Å². The molecule has 0 spiro atoms. The highest BCUT2D eigenvalue weighted by Gasteiger charge is 2.25. The molecular formula is C13H20N2OS. The van der Waals surface area contributed by atoms with Crippen LogP contribution in [0.2, 0.25) is 0 Å². The van der Waals surface area contributed by atoms with E-state index < -0.39 is 6.04 Å². The van der Waals surface area contributed by atoms with E-state index in [1.807, 2.05) is 13.8 Å². The molecule has 2 atom stereocenters. The Kier molecular flexibility index (Phi) is 3.84. The molecule has 0 fully saturated rings. The third-order valence-electron chi connectivity index (χ3n) is 3.39. The maximum Gasteiger partial charge on any atom is 0.237 e. The molecule has 0 bridgehead atoms. The van der Waals surface area contributed by atoms with E-state index in [9.17, 15) is 4.79 Å².